The molecule has 0 radical (unpaired) electrons. The quantitative estimate of drug-likeness (QED) is 0.784. The number of aromatic nitrogens is 1. The predicted octanol–water partition coefficient (Wildman–Crippen LogP) is 2.69. The molecule has 3 nitrogen and oxygen atoms in total. The van der Waals surface area contributed by atoms with Crippen molar-refractivity contribution < 1.29 is 4.79 Å². The summed E-state index contributed by atoms with van der Waals surface area (Å²) in [6.07, 6.45) is 1.66. The van der Waals surface area contributed by atoms with E-state index in [1.165, 1.54) is 0 Å². The Morgan fingerprint density at radius 1 is 1.25 bits per heavy atom. The molecule has 1 amide bonds. The fourth-order valence-corrected chi connectivity index (χ4v) is 1.31. The van der Waals surface area contributed by atoms with Crippen LogP contribution in [0.4, 0.5) is 0 Å². The predicted molar refractivity (Wildman–Crippen MR) is 65.6 cm³/mol. The van der Waals surface area contributed by atoms with Crippen LogP contribution in [0.15, 0.2) is 18.3 Å². The van der Waals surface area contributed by atoms with Gasteiger partial charge in [0.05, 0.1) is 5.56 Å². The van der Waals surface area contributed by atoms with E-state index >= 15 is 0 Å². The summed E-state index contributed by atoms with van der Waals surface area (Å²) in [6.45, 7) is 8.16. The minimum Gasteiger partial charge on any atom is -0.339 e. The van der Waals surface area contributed by atoms with Gasteiger partial charge in [-0.1, -0.05) is 13.8 Å². The first-order valence-corrected chi connectivity index (χ1v) is 5.66. The summed E-state index contributed by atoms with van der Waals surface area (Å²) in [4.78, 5) is 18.0. The minimum absolute atomic E-state index is 0.0257. The Hall–Kier alpha value is -1.38. The third kappa shape index (κ3) is 2.81. The van der Waals surface area contributed by atoms with Crippen LogP contribution in [0.5, 0.6) is 0 Å². The van der Waals surface area contributed by atoms with Crippen molar-refractivity contribution in [3.05, 3.63) is 29.6 Å². The summed E-state index contributed by atoms with van der Waals surface area (Å²) >= 11 is 0. The van der Waals surface area contributed by atoms with E-state index < -0.39 is 0 Å². The topological polar surface area (TPSA) is 33.2 Å². The molecule has 0 unspecified atom stereocenters. The summed E-state index contributed by atoms with van der Waals surface area (Å²) in [7, 11) is 1.81. The van der Waals surface area contributed by atoms with Crippen LogP contribution in [0.3, 0.4) is 0 Å². The zero-order valence-electron chi connectivity index (χ0n) is 10.7. The van der Waals surface area contributed by atoms with Crippen molar-refractivity contribution >= 4 is 5.91 Å². The number of hydrogen-bond acceptors (Lipinski definition) is 2. The SMILES string of the molecule is CC(C)c1ccc(C(=O)N(C)C(C)C)cn1. The van der Waals surface area contributed by atoms with Gasteiger partial charge in [-0.15, -0.1) is 0 Å². The van der Waals surface area contributed by atoms with Gasteiger partial charge < -0.3 is 4.90 Å². The summed E-state index contributed by atoms with van der Waals surface area (Å²) in [5.74, 6) is 0.421. The monoisotopic (exact) mass is 220 g/mol. The molecule has 1 aromatic heterocycles. The van der Waals surface area contributed by atoms with Crippen LogP contribution in [0.25, 0.3) is 0 Å². The number of carbonyl (C=O) groups is 1. The first-order valence-electron chi connectivity index (χ1n) is 5.66. The molecule has 0 aliphatic rings. The van der Waals surface area contributed by atoms with Crippen LogP contribution in [0.1, 0.15) is 49.7 Å². The van der Waals surface area contributed by atoms with Gasteiger partial charge in [0.15, 0.2) is 0 Å². The Morgan fingerprint density at radius 2 is 1.88 bits per heavy atom. The fourth-order valence-electron chi connectivity index (χ4n) is 1.31. The van der Waals surface area contributed by atoms with Crippen molar-refractivity contribution in [3.63, 3.8) is 0 Å². The molecule has 16 heavy (non-hydrogen) atoms. The van der Waals surface area contributed by atoms with Crippen molar-refractivity contribution in [1.82, 2.24) is 9.88 Å². The van der Waals surface area contributed by atoms with Gasteiger partial charge in [-0.2, -0.15) is 0 Å². The average molecular weight is 220 g/mol. The van der Waals surface area contributed by atoms with Gasteiger partial charge in [-0.3, -0.25) is 9.78 Å². The highest BCUT2D eigenvalue weighted by molar-refractivity contribution is 5.93. The van der Waals surface area contributed by atoms with E-state index in [0.717, 1.165) is 5.69 Å². The lowest BCUT2D eigenvalue weighted by molar-refractivity contribution is 0.0754. The van der Waals surface area contributed by atoms with Crippen molar-refractivity contribution in [1.29, 1.82) is 0 Å². The number of carbonyl (C=O) groups excluding carboxylic acids is 1. The maximum atomic E-state index is 12.0. The third-order valence-corrected chi connectivity index (χ3v) is 2.72. The number of rotatable bonds is 3. The lowest BCUT2D eigenvalue weighted by Gasteiger charge is -2.21. The van der Waals surface area contributed by atoms with Gasteiger partial charge in [0, 0.05) is 25.0 Å². The second-order valence-corrected chi connectivity index (χ2v) is 4.64. The second-order valence-electron chi connectivity index (χ2n) is 4.64. The summed E-state index contributed by atoms with van der Waals surface area (Å²) in [5, 5.41) is 0. The first kappa shape index (κ1) is 12.7. The zero-order valence-corrected chi connectivity index (χ0v) is 10.7. The normalized spacial score (nSPS) is 10.9. The fraction of sp³-hybridized carbons (Fsp3) is 0.538. The van der Waals surface area contributed by atoms with Gasteiger partial charge in [0.2, 0.25) is 0 Å². The molecule has 0 atom stereocenters. The number of pyridine rings is 1. The van der Waals surface area contributed by atoms with Crippen molar-refractivity contribution in [3.8, 4) is 0 Å². The molecule has 0 aromatic carbocycles. The standard InChI is InChI=1S/C13H20N2O/c1-9(2)12-7-6-11(8-14-12)13(16)15(5)10(3)4/h6-10H,1-5H3. The summed E-state index contributed by atoms with van der Waals surface area (Å²) in [5.41, 5.74) is 1.67. The van der Waals surface area contributed by atoms with E-state index in [1.807, 2.05) is 33.0 Å². The molecule has 3 heteroatoms. The molecular weight excluding hydrogens is 200 g/mol. The van der Waals surface area contributed by atoms with Gasteiger partial charge in [0.25, 0.3) is 5.91 Å². The van der Waals surface area contributed by atoms with E-state index in [-0.39, 0.29) is 11.9 Å². The Labute approximate surface area is 97.5 Å². The first-order chi connectivity index (χ1) is 7.43. The molecule has 0 spiro atoms. The van der Waals surface area contributed by atoms with Crippen LogP contribution >= 0.6 is 0 Å². The van der Waals surface area contributed by atoms with Crippen molar-refractivity contribution in [2.24, 2.45) is 0 Å². The molecule has 1 heterocycles. The van der Waals surface area contributed by atoms with Crippen LogP contribution in [-0.4, -0.2) is 28.9 Å². The molecular formula is C13H20N2O. The summed E-state index contributed by atoms with van der Waals surface area (Å²) in [6, 6.07) is 3.98. The van der Waals surface area contributed by atoms with Crippen molar-refractivity contribution in [2.45, 2.75) is 39.7 Å². The van der Waals surface area contributed by atoms with E-state index in [1.54, 1.807) is 11.1 Å². The third-order valence-electron chi connectivity index (χ3n) is 2.72. The largest absolute Gasteiger partial charge is 0.339 e. The van der Waals surface area contributed by atoms with Gasteiger partial charge in [0.1, 0.15) is 0 Å². The number of amides is 1. The molecule has 88 valence electrons. The van der Waals surface area contributed by atoms with Crippen LogP contribution in [0.2, 0.25) is 0 Å². The Bertz CT molecular complexity index is 355. The van der Waals surface area contributed by atoms with E-state index in [2.05, 4.69) is 18.8 Å². The average Bonchev–Trinajstić information content (AvgIpc) is 2.27. The molecule has 0 saturated heterocycles. The molecule has 0 N–H and O–H groups in total. The van der Waals surface area contributed by atoms with Crippen LogP contribution in [-0.2, 0) is 0 Å². The Balaban J connectivity index is 2.86. The lowest BCUT2D eigenvalue weighted by atomic mass is 10.1. The highest BCUT2D eigenvalue weighted by Crippen LogP contribution is 2.12. The maximum absolute atomic E-state index is 12.0. The molecule has 0 saturated carbocycles. The maximum Gasteiger partial charge on any atom is 0.255 e. The summed E-state index contributed by atoms with van der Waals surface area (Å²) < 4.78 is 0. The molecule has 0 aliphatic carbocycles. The van der Waals surface area contributed by atoms with Crippen LogP contribution < -0.4 is 0 Å². The smallest absolute Gasteiger partial charge is 0.255 e. The second kappa shape index (κ2) is 5.10. The molecule has 0 fully saturated rings. The molecule has 0 aliphatic heterocycles. The molecule has 1 aromatic rings. The highest BCUT2D eigenvalue weighted by Gasteiger charge is 2.14. The van der Waals surface area contributed by atoms with Crippen LogP contribution in [0, 0.1) is 0 Å². The van der Waals surface area contributed by atoms with Crippen molar-refractivity contribution in [2.75, 3.05) is 7.05 Å². The highest BCUT2D eigenvalue weighted by atomic mass is 16.2. The Morgan fingerprint density at radius 3 is 2.25 bits per heavy atom. The Kier molecular flexibility index (Phi) is 4.05. The van der Waals surface area contributed by atoms with E-state index in [0.29, 0.717) is 11.5 Å². The van der Waals surface area contributed by atoms with Gasteiger partial charge in [-0.05, 0) is 31.9 Å². The lowest BCUT2D eigenvalue weighted by Crippen LogP contribution is -2.33. The molecule has 1 rings (SSSR count). The van der Waals surface area contributed by atoms with E-state index in [4.69, 9.17) is 0 Å². The van der Waals surface area contributed by atoms with E-state index in [9.17, 15) is 4.79 Å². The minimum atomic E-state index is 0.0257. The van der Waals surface area contributed by atoms with Gasteiger partial charge >= 0.3 is 0 Å². The molecule has 0 bridgehead atoms. The van der Waals surface area contributed by atoms with Gasteiger partial charge in [-0.25, -0.2) is 0 Å². The number of hydrogen-bond donors (Lipinski definition) is 0. The zero-order chi connectivity index (χ0) is 12.3. The number of nitrogens with zero attached hydrogens (tertiary/aromatic N) is 2.